The van der Waals surface area contributed by atoms with E-state index in [1.165, 1.54) is 29.2 Å². The first kappa shape index (κ1) is 15.4. The molecular formula is C15H11N3O3S. The van der Waals surface area contributed by atoms with Gasteiger partial charge in [0.25, 0.3) is 0 Å². The molecular weight excluding hydrogens is 302 g/mol. The number of aliphatic carboxylic acids is 1. The van der Waals surface area contributed by atoms with Crippen molar-refractivity contribution in [1.29, 1.82) is 5.26 Å². The molecule has 1 heterocycles. The van der Waals surface area contributed by atoms with Gasteiger partial charge in [-0.3, -0.25) is 9.69 Å². The van der Waals surface area contributed by atoms with Crippen LogP contribution in [-0.2, 0) is 9.59 Å². The molecule has 0 aliphatic rings. The van der Waals surface area contributed by atoms with Gasteiger partial charge in [0, 0.05) is 12.3 Å². The number of rotatable bonds is 4. The van der Waals surface area contributed by atoms with E-state index in [1.54, 1.807) is 35.7 Å². The molecule has 0 atom stereocenters. The summed E-state index contributed by atoms with van der Waals surface area (Å²) in [5, 5.41) is 19.6. The second kappa shape index (κ2) is 6.65. The van der Waals surface area contributed by atoms with Crippen LogP contribution < -0.4 is 4.90 Å². The molecule has 1 N–H and O–H groups in total. The number of hydrogen-bond donors (Lipinski definition) is 1. The summed E-state index contributed by atoms with van der Waals surface area (Å²) in [4.78, 5) is 28.3. The molecule has 2 aromatic rings. The number of hydrogen-bond acceptors (Lipinski definition) is 5. The molecule has 0 bridgehead atoms. The van der Waals surface area contributed by atoms with Gasteiger partial charge in [-0.15, -0.1) is 11.3 Å². The molecule has 110 valence electrons. The molecule has 0 fully saturated rings. The summed E-state index contributed by atoms with van der Waals surface area (Å²) >= 11 is 1.19. The Labute approximate surface area is 130 Å². The average molecular weight is 313 g/mol. The first-order valence-electron chi connectivity index (χ1n) is 6.19. The third kappa shape index (κ3) is 3.37. The summed E-state index contributed by atoms with van der Waals surface area (Å²) in [6.45, 7) is 1.42. The molecule has 0 unspecified atom stereocenters. The lowest BCUT2D eigenvalue weighted by atomic mass is 10.2. The topological polar surface area (TPSA) is 94.3 Å². The third-order valence-corrected chi connectivity index (χ3v) is 3.52. The minimum atomic E-state index is -1.32. The van der Waals surface area contributed by atoms with E-state index in [0.717, 1.165) is 0 Å². The Balaban J connectivity index is 2.39. The Hall–Kier alpha value is -2.98. The van der Waals surface area contributed by atoms with Crippen LogP contribution in [0.25, 0.3) is 6.08 Å². The zero-order chi connectivity index (χ0) is 16.1. The molecule has 7 heteroatoms. The summed E-state index contributed by atoms with van der Waals surface area (Å²) in [6.07, 6.45) is 1.17. The Bertz CT molecular complexity index is 775. The highest BCUT2D eigenvalue weighted by Gasteiger charge is 2.17. The lowest BCUT2D eigenvalue weighted by Crippen LogP contribution is -2.22. The first-order valence-corrected chi connectivity index (χ1v) is 7.07. The fourth-order valence-corrected chi connectivity index (χ4v) is 2.58. The van der Waals surface area contributed by atoms with Gasteiger partial charge < -0.3 is 5.11 Å². The Morgan fingerprint density at radius 1 is 1.36 bits per heavy atom. The molecule has 22 heavy (non-hydrogen) atoms. The van der Waals surface area contributed by atoms with Gasteiger partial charge in [0.15, 0.2) is 5.13 Å². The van der Waals surface area contributed by atoms with Crippen molar-refractivity contribution >= 4 is 40.1 Å². The Kier molecular flexibility index (Phi) is 4.66. The van der Waals surface area contributed by atoms with E-state index in [9.17, 15) is 9.59 Å². The maximum Gasteiger partial charge on any atom is 0.346 e. The standard InChI is InChI=1S/C15H11N3O3S/c1-10(19)18(13-5-3-2-4-6-13)15-17-12(9-22-15)7-11(8-16)14(20)21/h2-7,9H,1H3,(H,20,21). The Morgan fingerprint density at radius 2 is 2.05 bits per heavy atom. The molecule has 1 aromatic carbocycles. The molecule has 6 nitrogen and oxygen atoms in total. The van der Waals surface area contributed by atoms with Crippen molar-refractivity contribution < 1.29 is 14.7 Å². The molecule has 0 aliphatic heterocycles. The zero-order valence-electron chi connectivity index (χ0n) is 11.6. The van der Waals surface area contributed by atoms with Crippen molar-refractivity contribution in [3.8, 4) is 6.07 Å². The lowest BCUT2D eigenvalue weighted by molar-refractivity contribution is -0.132. The highest BCUT2D eigenvalue weighted by Crippen LogP contribution is 2.29. The number of anilines is 2. The normalized spacial score (nSPS) is 10.8. The van der Waals surface area contributed by atoms with E-state index in [1.807, 2.05) is 6.07 Å². The minimum absolute atomic E-state index is 0.213. The lowest BCUT2D eigenvalue weighted by Gasteiger charge is -2.17. The van der Waals surface area contributed by atoms with E-state index < -0.39 is 11.5 Å². The van der Waals surface area contributed by atoms with E-state index in [4.69, 9.17) is 10.4 Å². The van der Waals surface area contributed by atoms with Crippen molar-refractivity contribution in [1.82, 2.24) is 4.98 Å². The molecule has 1 aromatic heterocycles. The van der Waals surface area contributed by atoms with E-state index in [0.29, 0.717) is 16.5 Å². The van der Waals surface area contributed by atoms with Crippen LogP contribution in [-0.4, -0.2) is 22.0 Å². The van der Waals surface area contributed by atoms with E-state index in [2.05, 4.69) is 4.98 Å². The molecule has 2 rings (SSSR count). The van der Waals surface area contributed by atoms with E-state index >= 15 is 0 Å². The number of benzene rings is 1. The number of carbonyl (C=O) groups is 2. The predicted octanol–water partition coefficient (Wildman–Crippen LogP) is 2.82. The quantitative estimate of drug-likeness (QED) is 0.692. The minimum Gasteiger partial charge on any atom is -0.477 e. The maximum absolute atomic E-state index is 11.9. The second-order valence-electron chi connectivity index (χ2n) is 4.22. The number of para-hydroxylation sites is 1. The van der Waals surface area contributed by atoms with Crippen molar-refractivity contribution in [2.45, 2.75) is 6.92 Å². The fraction of sp³-hybridized carbons (Fsp3) is 0.0667. The summed E-state index contributed by atoms with van der Waals surface area (Å²) in [6, 6.07) is 10.6. The smallest absolute Gasteiger partial charge is 0.346 e. The van der Waals surface area contributed by atoms with Crippen LogP contribution >= 0.6 is 11.3 Å². The van der Waals surface area contributed by atoms with Gasteiger partial charge in [0.05, 0.1) is 11.4 Å². The molecule has 0 aliphatic carbocycles. The van der Waals surface area contributed by atoms with Crippen LogP contribution in [0.4, 0.5) is 10.8 Å². The maximum atomic E-state index is 11.9. The van der Waals surface area contributed by atoms with Gasteiger partial charge in [-0.2, -0.15) is 5.26 Å². The third-order valence-electron chi connectivity index (χ3n) is 2.67. The first-order chi connectivity index (χ1) is 10.5. The van der Waals surface area contributed by atoms with Gasteiger partial charge in [0.1, 0.15) is 11.6 Å². The number of aromatic nitrogens is 1. The monoisotopic (exact) mass is 313 g/mol. The van der Waals surface area contributed by atoms with Gasteiger partial charge in [-0.1, -0.05) is 18.2 Å². The summed E-state index contributed by atoms with van der Waals surface area (Å²) in [5.74, 6) is -1.53. The summed E-state index contributed by atoms with van der Waals surface area (Å²) in [5.41, 5.74) is 0.575. The van der Waals surface area contributed by atoms with Crippen LogP contribution in [0, 0.1) is 11.3 Å². The van der Waals surface area contributed by atoms with Crippen LogP contribution in [0.3, 0.4) is 0 Å². The van der Waals surface area contributed by atoms with Gasteiger partial charge >= 0.3 is 5.97 Å². The molecule has 0 saturated heterocycles. The summed E-state index contributed by atoms with van der Waals surface area (Å²) in [7, 11) is 0. The fourth-order valence-electron chi connectivity index (χ4n) is 1.74. The van der Waals surface area contributed by atoms with Crippen molar-refractivity contribution in [3.63, 3.8) is 0 Å². The predicted molar refractivity (Wildman–Crippen MR) is 82.6 cm³/mol. The second-order valence-corrected chi connectivity index (χ2v) is 5.06. The number of nitrogens with zero attached hydrogens (tertiary/aromatic N) is 3. The van der Waals surface area contributed by atoms with Crippen molar-refractivity contribution in [2.75, 3.05) is 4.90 Å². The van der Waals surface area contributed by atoms with Crippen LogP contribution in [0.15, 0.2) is 41.3 Å². The van der Waals surface area contributed by atoms with E-state index in [-0.39, 0.29) is 5.91 Å². The number of nitriles is 1. The zero-order valence-corrected chi connectivity index (χ0v) is 12.4. The number of carbonyl (C=O) groups excluding carboxylic acids is 1. The molecule has 0 spiro atoms. The van der Waals surface area contributed by atoms with Crippen molar-refractivity contribution in [3.05, 3.63) is 47.0 Å². The van der Waals surface area contributed by atoms with Crippen LogP contribution in [0.2, 0.25) is 0 Å². The number of amides is 1. The largest absolute Gasteiger partial charge is 0.477 e. The number of thiazole rings is 1. The van der Waals surface area contributed by atoms with Crippen LogP contribution in [0.5, 0.6) is 0 Å². The number of carboxylic acid groups (broad SMARTS) is 1. The van der Waals surface area contributed by atoms with Crippen molar-refractivity contribution in [2.24, 2.45) is 0 Å². The SMILES string of the molecule is CC(=O)N(c1ccccc1)c1nc(C=C(C#N)C(=O)O)cs1. The van der Waals surface area contributed by atoms with Gasteiger partial charge in [-0.05, 0) is 18.2 Å². The molecule has 1 amide bonds. The number of carboxylic acids is 1. The van der Waals surface area contributed by atoms with Crippen LogP contribution in [0.1, 0.15) is 12.6 Å². The highest BCUT2D eigenvalue weighted by molar-refractivity contribution is 7.14. The van der Waals surface area contributed by atoms with Gasteiger partial charge in [-0.25, -0.2) is 9.78 Å². The van der Waals surface area contributed by atoms with Gasteiger partial charge in [0.2, 0.25) is 5.91 Å². The highest BCUT2D eigenvalue weighted by atomic mass is 32.1. The Morgan fingerprint density at radius 3 is 2.59 bits per heavy atom. The average Bonchev–Trinajstić information content (AvgIpc) is 2.93. The molecule has 0 saturated carbocycles. The summed E-state index contributed by atoms with van der Waals surface area (Å²) < 4.78 is 0. The molecule has 0 radical (unpaired) electrons.